The first-order valence-corrected chi connectivity index (χ1v) is 7.03. The summed E-state index contributed by atoms with van der Waals surface area (Å²) >= 11 is 12.2. The molecule has 3 aromatic rings. The van der Waals surface area contributed by atoms with Gasteiger partial charge in [-0.15, -0.1) is 0 Å². The number of hydrogen-bond acceptors (Lipinski definition) is 1. The lowest BCUT2D eigenvalue weighted by atomic mass is 9.96. The molecule has 0 aliphatic carbocycles. The van der Waals surface area contributed by atoms with E-state index in [2.05, 4.69) is 0 Å². The Morgan fingerprint density at radius 2 is 1.55 bits per heavy atom. The lowest BCUT2D eigenvalue weighted by Crippen LogP contribution is -2.01. The topological polar surface area (TPSA) is 20.2 Å². The maximum absolute atomic E-state index is 10.7. The maximum Gasteiger partial charge on any atom is 0.106 e. The van der Waals surface area contributed by atoms with Gasteiger partial charge in [0.1, 0.15) is 6.10 Å². The molecule has 0 saturated heterocycles. The summed E-state index contributed by atoms with van der Waals surface area (Å²) in [6.45, 7) is 0. The van der Waals surface area contributed by atoms with Gasteiger partial charge in [-0.3, -0.25) is 0 Å². The van der Waals surface area contributed by atoms with Gasteiger partial charge >= 0.3 is 0 Å². The third-order valence-corrected chi connectivity index (χ3v) is 3.95. The van der Waals surface area contributed by atoms with Crippen molar-refractivity contribution >= 4 is 34.0 Å². The number of aliphatic hydroxyl groups is 1. The molecule has 0 aliphatic rings. The molecule has 0 bridgehead atoms. The van der Waals surface area contributed by atoms with E-state index in [4.69, 9.17) is 23.2 Å². The molecule has 0 heterocycles. The normalized spacial score (nSPS) is 12.6. The second-order valence-corrected chi connectivity index (χ2v) is 5.48. The summed E-state index contributed by atoms with van der Waals surface area (Å²) in [6, 6.07) is 18.9. The van der Waals surface area contributed by atoms with Gasteiger partial charge in [0.05, 0.1) is 0 Å². The zero-order valence-electron chi connectivity index (χ0n) is 10.6. The van der Waals surface area contributed by atoms with E-state index in [1.54, 1.807) is 18.2 Å². The first kappa shape index (κ1) is 13.4. The molecule has 1 unspecified atom stereocenters. The van der Waals surface area contributed by atoms with Crippen LogP contribution in [0.2, 0.25) is 10.0 Å². The lowest BCUT2D eigenvalue weighted by Gasteiger charge is -2.16. The molecular weight excluding hydrogens is 291 g/mol. The first-order chi connectivity index (χ1) is 9.66. The van der Waals surface area contributed by atoms with Gasteiger partial charge in [-0.25, -0.2) is 0 Å². The zero-order chi connectivity index (χ0) is 14.1. The highest BCUT2D eigenvalue weighted by molar-refractivity contribution is 6.33. The van der Waals surface area contributed by atoms with E-state index in [9.17, 15) is 5.11 Å². The van der Waals surface area contributed by atoms with E-state index in [0.29, 0.717) is 15.6 Å². The molecule has 1 nitrogen and oxygen atoms in total. The molecule has 0 aromatic heterocycles. The van der Waals surface area contributed by atoms with Crippen LogP contribution in [0.15, 0.2) is 60.7 Å². The Balaban J connectivity index is 2.17. The SMILES string of the molecule is OC(c1cc(Cl)ccc1Cl)c1cccc2ccccc12. The van der Waals surface area contributed by atoms with Gasteiger partial charge in [-0.2, -0.15) is 0 Å². The van der Waals surface area contributed by atoms with Crippen LogP contribution >= 0.6 is 23.2 Å². The average molecular weight is 303 g/mol. The van der Waals surface area contributed by atoms with E-state index in [1.165, 1.54) is 0 Å². The molecule has 0 fully saturated rings. The molecular formula is C17H12Cl2O. The fraction of sp³-hybridized carbons (Fsp3) is 0.0588. The highest BCUT2D eigenvalue weighted by atomic mass is 35.5. The second kappa shape index (κ2) is 5.45. The number of fused-ring (bicyclic) bond motifs is 1. The van der Waals surface area contributed by atoms with Crippen LogP contribution < -0.4 is 0 Å². The molecule has 0 saturated carbocycles. The minimum absolute atomic E-state index is 0.509. The Morgan fingerprint density at radius 1 is 0.800 bits per heavy atom. The van der Waals surface area contributed by atoms with E-state index in [-0.39, 0.29) is 0 Å². The Kier molecular flexibility index (Phi) is 3.66. The van der Waals surface area contributed by atoms with Crippen LogP contribution in [0.4, 0.5) is 0 Å². The summed E-state index contributed by atoms with van der Waals surface area (Å²) in [6.07, 6.45) is -0.799. The number of aliphatic hydroxyl groups excluding tert-OH is 1. The van der Waals surface area contributed by atoms with Crippen LogP contribution in [0.1, 0.15) is 17.2 Å². The smallest absolute Gasteiger partial charge is 0.106 e. The molecule has 3 rings (SSSR count). The number of benzene rings is 3. The third kappa shape index (κ3) is 2.40. The Bertz CT molecular complexity index is 763. The van der Waals surface area contributed by atoms with Crippen molar-refractivity contribution in [2.45, 2.75) is 6.10 Å². The van der Waals surface area contributed by atoms with Gasteiger partial charge in [0, 0.05) is 15.6 Å². The van der Waals surface area contributed by atoms with Crippen LogP contribution in [-0.4, -0.2) is 5.11 Å². The van der Waals surface area contributed by atoms with Crippen LogP contribution in [0.3, 0.4) is 0 Å². The fourth-order valence-electron chi connectivity index (χ4n) is 2.38. The molecule has 100 valence electrons. The predicted octanol–water partition coefficient (Wildman–Crippen LogP) is 5.23. The predicted molar refractivity (Wildman–Crippen MR) is 84.5 cm³/mol. The highest BCUT2D eigenvalue weighted by Crippen LogP contribution is 2.33. The summed E-state index contributed by atoms with van der Waals surface area (Å²) in [7, 11) is 0. The van der Waals surface area contributed by atoms with Crippen molar-refractivity contribution < 1.29 is 5.11 Å². The van der Waals surface area contributed by atoms with Gasteiger partial charge in [-0.05, 0) is 34.5 Å². The van der Waals surface area contributed by atoms with Crippen molar-refractivity contribution in [1.29, 1.82) is 0 Å². The van der Waals surface area contributed by atoms with E-state index < -0.39 is 6.10 Å². The average Bonchev–Trinajstić information content (AvgIpc) is 2.48. The third-order valence-electron chi connectivity index (χ3n) is 3.37. The van der Waals surface area contributed by atoms with Crippen molar-refractivity contribution in [1.82, 2.24) is 0 Å². The second-order valence-electron chi connectivity index (χ2n) is 4.64. The van der Waals surface area contributed by atoms with E-state index in [1.807, 2.05) is 42.5 Å². The van der Waals surface area contributed by atoms with Crippen LogP contribution in [-0.2, 0) is 0 Å². The highest BCUT2D eigenvalue weighted by Gasteiger charge is 2.16. The molecule has 0 aliphatic heterocycles. The van der Waals surface area contributed by atoms with Crippen molar-refractivity contribution in [3.8, 4) is 0 Å². The number of hydrogen-bond donors (Lipinski definition) is 1. The minimum Gasteiger partial charge on any atom is -0.384 e. The largest absolute Gasteiger partial charge is 0.384 e. The zero-order valence-corrected chi connectivity index (χ0v) is 12.1. The van der Waals surface area contributed by atoms with Crippen LogP contribution in [0.25, 0.3) is 10.8 Å². The van der Waals surface area contributed by atoms with Gasteiger partial charge in [0.2, 0.25) is 0 Å². The van der Waals surface area contributed by atoms with Gasteiger partial charge in [0.25, 0.3) is 0 Å². The summed E-state index contributed by atoms with van der Waals surface area (Å²) in [5, 5.41) is 13.8. The summed E-state index contributed by atoms with van der Waals surface area (Å²) < 4.78 is 0. The van der Waals surface area contributed by atoms with Crippen LogP contribution in [0, 0.1) is 0 Å². The molecule has 0 spiro atoms. The number of halogens is 2. The van der Waals surface area contributed by atoms with E-state index in [0.717, 1.165) is 16.3 Å². The number of rotatable bonds is 2. The van der Waals surface area contributed by atoms with Crippen molar-refractivity contribution in [3.63, 3.8) is 0 Å². The molecule has 0 amide bonds. The molecule has 3 heteroatoms. The fourth-order valence-corrected chi connectivity index (χ4v) is 2.78. The summed E-state index contributed by atoms with van der Waals surface area (Å²) in [4.78, 5) is 0. The van der Waals surface area contributed by atoms with Crippen molar-refractivity contribution in [3.05, 3.63) is 81.8 Å². The quantitative estimate of drug-likeness (QED) is 0.687. The summed E-state index contributed by atoms with van der Waals surface area (Å²) in [5.74, 6) is 0. The molecule has 1 N–H and O–H groups in total. The molecule has 1 atom stereocenters. The van der Waals surface area contributed by atoms with Crippen molar-refractivity contribution in [2.24, 2.45) is 0 Å². The van der Waals surface area contributed by atoms with E-state index >= 15 is 0 Å². The van der Waals surface area contributed by atoms with Crippen LogP contribution in [0.5, 0.6) is 0 Å². The maximum atomic E-state index is 10.7. The monoisotopic (exact) mass is 302 g/mol. The van der Waals surface area contributed by atoms with Gasteiger partial charge in [0.15, 0.2) is 0 Å². The molecule has 20 heavy (non-hydrogen) atoms. The van der Waals surface area contributed by atoms with Gasteiger partial charge < -0.3 is 5.11 Å². The Morgan fingerprint density at radius 3 is 2.40 bits per heavy atom. The standard InChI is InChI=1S/C17H12Cl2O/c18-12-8-9-16(19)15(10-12)17(20)14-7-3-5-11-4-1-2-6-13(11)14/h1-10,17,20H. The summed E-state index contributed by atoms with van der Waals surface area (Å²) in [5.41, 5.74) is 1.45. The Hall–Kier alpha value is -1.54. The molecule has 3 aromatic carbocycles. The van der Waals surface area contributed by atoms with Gasteiger partial charge in [-0.1, -0.05) is 65.7 Å². The molecule has 0 radical (unpaired) electrons. The lowest BCUT2D eigenvalue weighted by molar-refractivity contribution is 0.222. The Labute approximate surface area is 127 Å². The van der Waals surface area contributed by atoms with Crippen molar-refractivity contribution in [2.75, 3.05) is 0 Å². The first-order valence-electron chi connectivity index (χ1n) is 6.27. The minimum atomic E-state index is -0.799.